The van der Waals surface area contributed by atoms with Gasteiger partial charge in [-0.25, -0.2) is 4.72 Å². The molecule has 0 aromatic carbocycles. The fraction of sp³-hybridized carbons (Fsp3) is 1.00. The van der Waals surface area contributed by atoms with Crippen LogP contribution in [0.15, 0.2) is 0 Å². The van der Waals surface area contributed by atoms with E-state index in [9.17, 15) is 8.42 Å². The first kappa shape index (κ1) is 18.1. The standard InChI is InChI=1S/C15H32N4O2S/c1-4-18-9-11-19(12-10-18)15(2,3)13-16-22(20,21)17-14-7-5-6-8-14/h14,16-17H,4-13H2,1-3H3. The second-order valence-electron chi connectivity index (χ2n) is 7.16. The van der Waals surface area contributed by atoms with Crippen molar-refractivity contribution in [3.63, 3.8) is 0 Å². The van der Waals surface area contributed by atoms with Gasteiger partial charge >= 0.3 is 0 Å². The molecule has 1 saturated carbocycles. The van der Waals surface area contributed by atoms with E-state index in [-0.39, 0.29) is 11.6 Å². The van der Waals surface area contributed by atoms with Crippen molar-refractivity contribution in [1.29, 1.82) is 0 Å². The van der Waals surface area contributed by atoms with Gasteiger partial charge in [-0.05, 0) is 33.2 Å². The number of nitrogens with one attached hydrogen (secondary N) is 2. The third-order valence-electron chi connectivity index (χ3n) is 5.05. The number of hydrogen-bond acceptors (Lipinski definition) is 4. The van der Waals surface area contributed by atoms with Crippen molar-refractivity contribution in [3.05, 3.63) is 0 Å². The summed E-state index contributed by atoms with van der Waals surface area (Å²) < 4.78 is 29.9. The van der Waals surface area contributed by atoms with Gasteiger partial charge in [-0.1, -0.05) is 19.8 Å². The topological polar surface area (TPSA) is 64.7 Å². The highest BCUT2D eigenvalue weighted by Gasteiger charge is 2.31. The van der Waals surface area contributed by atoms with Crippen molar-refractivity contribution in [1.82, 2.24) is 19.2 Å². The SMILES string of the molecule is CCN1CCN(C(C)(C)CNS(=O)(=O)NC2CCCC2)CC1. The Morgan fingerprint density at radius 1 is 1.09 bits per heavy atom. The molecule has 1 saturated heterocycles. The predicted octanol–water partition coefficient (Wildman–Crippen LogP) is 0.769. The van der Waals surface area contributed by atoms with Crippen LogP contribution in [-0.2, 0) is 10.2 Å². The summed E-state index contributed by atoms with van der Waals surface area (Å²) in [5.74, 6) is 0. The molecule has 2 fully saturated rings. The molecule has 0 aromatic heterocycles. The zero-order valence-corrected chi connectivity index (χ0v) is 15.1. The van der Waals surface area contributed by atoms with Crippen molar-refractivity contribution in [2.75, 3.05) is 39.3 Å². The van der Waals surface area contributed by atoms with E-state index in [2.05, 4.69) is 40.0 Å². The molecule has 0 radical (unpaired) electrons. The summed E-state index contributed by atoms with van der Waals surface area (Å²) in [6.07, 6.45) is 4.17. The molecule has 1 aliphatic carbocycles. The molecule has 2 aliphatic rings. The van der Waals surface area contributed by atoms with Crippen molar-refractivity contribution in [2.45, 2.75) is 58.0 Å². The monoisotopic (exact) mass is 332 g/mol. The Kier molecular flexibility index (Phi) is 6.24. The summed E-state index contributed by atoms with van der Waals surface area (Å²) in [6, 6.07) is 0.119. The second-order valence-corrected chi connectivity index (χ2v) is 8.69. The van der Waals surface area contributed by atoms with Crippen LogP contribution in [0.25, 0.3) is 0 Å². The lowest BCUT2D eigenvalue weighted by Crippen LogP contribution is -2.59. The lowest BCUT2D eigenvalue weighted by molar-refractivity contribution is 0.0571. The fourth-order valence-corrected chi connectivity index (χ4v) is 4.66. The summed E-state index contributed by atoms with van der Waals surface area (Å²) in [5, 5.41) is 0. The number of rotatable bonds is 7. The minimum absolute atomic E-state index is 0.119. The summed E-state index contributed by atoms with van der Waals surface area (Å²) in [4.78, 5) is 4.82. The minimum atomic E-state index is -3.39. The van der Waals surface area contributed by atoms with Gasteiger partial charge in [0, 0.05) is 44.3 Å². The number of piperazine rings is 1. The predicted molar refractivity (Wildman–Crippen MR) is 90.1 cm³/mol. The Morgan fingerprint density at radius 2 is 1.68 bits per heavy atom. The van der Waals surface area contributed by atoms with Crippen LogP contribution in [0.4, 0.5) is 0 Å². The van der Waals surface area contributed by atoms with Crippen LogP contribution in [0.2, 0.25) is 0 Å². The zero-order chi connectivity index (χ0) is 16.2. The van der Waals surface area contributed by atoms with Crippen LogP contribution in [0.3, 0.4) is 0 Å². The molecule has 6 nitrogen and oxygen atoms in total. The largest absolute Gasteiger partial charge is 0.301 e. The number of nitrogens with zero attached hydrogens (tertiary/aromatic N) is 2. The summed E-state index contributed by atoms with van der Waals surface area (Å²) in [5.41, 5.74) is -0.162. The first-order valence-electron chi connectivity index (χ1n) is 8.57. The van der Waals surface area contributed by atoms with Gasteiger partial charge in [-0.2, -0.15) is 13.1 Å². The van der Waals surface area contributed by atoms with E-state index in [0.717, 1.165) is 58.4 Å². The molecule has 0 bridgehead atoms. The highest BCUT2D eigenvalue weighted by atomic mass is 32.2. The molecule has 22 heavy (non-hydrogen) atoms. The van der Waals surface area contributed by atoms with Crippen LogP contribution in [0.1, 0.15) is 46.5 Å². The Labute approximate surface area is 135 Å². The molecular formula is C15H32N4O2S. The lowest BCUT2D eigenvalue weighted by atomic mass is 10.0. The maximum atomic E-state index is 12.2. The van der Waals surface area contributed by atoms with Gasteiger partial charge in [0.25, 0.3) is 10.2 Å². The lowest BCUT2D eigenvalue weighted by Gasteiger charge is -2.44. The third kappa shape index (κ3) is 5.16. The number of likely N-dealkylation sites (N-methyl/N-ethyl adjacent to an activating group) is 1. The summed E-state index contributed by atoms with van der Waals surface area (Å²) in [7, 11) is -3.39. The van der Waals surface area contributed by atoms with Gasteiger partial charge < -0.3 is 4.90 Å². The minimum Gasteiger partial charge on any atom is -0.301 e. The molecule has 0 spiro atoms. The average molecular weight is 333 g/mol. The van der Waals surface area contributed by atoms with E-state index >= 15 is 0 Å². The van der Waals surface area contributed by atoms with Gasteiger partial charge in [0.05, 0.1) is 0 Å². The van der Waals surface area contributed by atoms with E-state index in [1.54, 1.807) is 0 Å². The molecule has 1 aliphatic heterocycles. The second kappa shape index (κ2) is 7.57. The van der Waals surface area contributed by atoms with Gasteiger partial charge in [0.15, 0.2) is 0 Å². The quantitative estimate of drug-likeness (QED) is 0.723. The van der Waals surface area contributed by atoms with Crippen molar-refractivity contribution < 1.29 is 8.42 Å². The summed E-state index contributed by atoms with van der Waals surface area (Å²) in [6.45, 7) is 12.1. The molecule has 2 rings (SSSR count). The Bertz CT molecular complexity index is 438. The molecule has 2 N–H and O–H groups in total. The maximum Gasteiger partial charge on any atom is 0.277 e. The van der Waals surface area contributed by atoms with E-state index in [0.29, 0.717) is 6.54 Å². The Hall–Kier alpha value is -0.210. The fourth-order valence-electron chi connectivity index (χ4n) is 3.36. The van der Waals surface area contributed by atoms with Crippen molar-refractivity contribution in [3.8, 4) is 0 Å². The molecule has 0 aromatic rings. The first-order chi connectivity index (χ1) is 10.3. The smallest absolute Gasteiger partial charge is 0.277 e. The maximum absolute atomic E-state index is 12.2. The molecular weight excluding hydrogens is 300 g/mol. The van der Waals surface area contributed by atoms with E-state index < -0.39 is 10.2 Å². The van der Waals surface area contributed by atoms with Crippen LogP contribution in [-0.4, -0.2) is 69.1 Å². The van der Waals surface area contributed by atoms with Crippen LogP contribution >= 0.6 is 0 Å². The molecule has 0 atom stereocenters. The molecule has 1 heterocycles. The Balaban J connectivity index is 1.81. The zero-order valence-electron chi connectivity index (χ0n) is 14.3. The number of hydrogen-bond donors (Lipinski definition) is 2. The van der Waals surface area contributed by atoms with Crippen molar-refractivity contribution in [2.24, 2.45) is 0 Å². The first-order valence-corrected chi connectivity index (χ1v) is 10.0. The highest BCUT2D eigenvalue weighted by molar-refractivity contribution is 7.87. The van der Waals surface area contributed by atoms with E-state index in [4.69, 9.17) is 0 Å². The Morgan fingerprint density at radius 3 is 2.23 bits per heavy atom. The van der Waals surface area contributed by atoms with Gasteiger partial charge in [-0.3, -0.25) is 4.90 Å². The van der Waals surface area contributed by atoms with Gasteiger partial charge in [0.1, 0.15) is 0 Å². The third-order valence-corrected chi connectivity index (χ3v) is 6.22. The highest BCUT2D eigenvalue weighted by Crippen LogP contribution is 2.19. The normalized spacial score (nSPS) is 23.2. The molecule has 130 valence electrons. The summed E-state index contributed by atoms with van der Waals surface area (Å²) >= 11 is 0. The van der Waals surface area contributed by atoms with Gasteiger partial charge in [0.2, 0.25) is 0 Å². The van der Waals surface area contributed by atoms with E-state index in [1.807, 2.05) is 0 Å². The van der Waals surface area contributed by atoms with Crippen molar-refractivity contribution >= 4 is 10.2 Å². The van der Waals surface area contributed by atoms with Gasteiger partial charge in [-0.15, -0.1) is 0 Å². The van der Waals surface area contributed by atoms with E-state index in [1.165, 1.54) is 0 Å². The molecule has 0 unspecified atom stereocenters. The molecule has 7 heteroatoms. The van der Waals surface area contributed by atoms with Crippen LogP contribution in [0.5, 0.6) is 0 Å². The van der Waals surface area contributed by atoms with Crippen LogP contribution < -0.4 is 9.44 Å². The van der Waals surface area contributed by atoms with Crippen LogP contribution in [0, 0.1) is 0 Å². The average Bonchev–Trinajstić information content (AvgIpc) is 2.98. The molecule has 0 amide bonds.